The molecular weight excluding hydrogens is 334 g/mol. The predicted octanol–water partition coefficient (Wildman–Crippen LogP) is 2.05. The molecule has 138 valence electrons. The number of nitrogens with zero attached hydrogens (tertiary/aromatic N) is 4. The molecule has 0 bridgehead atoms. The summed E-state index contributed by atoms with van der Waals surface area (Å²) in [6.07, 6.45) is 3.83. The second-order valence-corrected chi connectivity index (χ2v) is 6.76. The molecule has 1 N–H and O–H groups in total. The SMILES string of the molecule is Cc1nc(N2CCOCC2)nc(C)c1NC(=O)c1noc2c1CCCC2. The van der Waals surface area contributed by atoms with Gasteiger partial charge in [-0.25, -0.2) is 9.97 Å². The Morgan fingerprint density at radius 3 is 2.50 bits per heavy atom. The zero-order chi connectivity index (χ0) is 18.1. The number of anilines is 2. The lowest BCUT2D eigenvalue weighted by atomic mass is 9.96. The van der Waals surface area contributed by atoms with E-state index in [9.17, 15) is 4.79 Å². The minimum absolute atomic E-state index is 0.258. The zero-order valence-corrected chi connectivity index (χ0v) is 15.2. The molecule has 1 saturated heterocycles. The first kappa shape index (κ1) is 17.0. The van der Waals surface area contributed by atoms with Crippen molar-refractivity contribution in [3.8, 4) is 0 Å². The number of carbonyl (C=O) groups excluding carboxylic acids is 1. The van der Waals surface area contributed by atoms with E-state index >= 15 is 0 Å². The van der Waals surface area contributed by atoms with Crippen LogP contribution in [0.4, 0.5) is 11.6 Å². The minimum atomic E-state index is -0.258. The monoisotopic (exact) mass is 357 g/mol. The fourth-order valence-corrected chi connectivity index (χ4v) is 3.52. The van der Waals surface area contributed by atoms with Gasteiger partial charge in [0.1, 0.15) is 5.76 Å². The largest absolute Gasteiger partial charge is 0.378 e. The summed E-state index contributed by atoms with van der Waals surface area (Å²) in [5.74, 6) is 1.26. The molecule has 2 aromatic rings. The van der Waals surface area contributed by atoms with Crippen LogP contribution < -0.4 is 10.2 Å². The first-order valence-electron chi connectivity index (χ1n) is 9.10. The van der Waals surface area contributed by atoms with Gasteiger partial charge in [-0.15, -0.1) is 0 Å². The summed E-state index contributed by atoms with van der Waals surface area (Å²) >= 11 is 0. The molecular formula is C18H23N5O3. The van der Waals surface area contributed by atoms with E-state index in [0.717, 1.165) is 61.5 Å². The number of aromatic nitrogens is 3. The molecule has 0 radical (unpaired) electrons. The molecule has 2 aliphatic rings. The number of hydrogen-bond donors (Lipinski definition) is 1. The van der Waals surface area contributed by atoms with Crippen molar-refractivity contribution in [2.45, 2.75) is 39.5 Å². The van der Waals surface area contributed by atoms with Crippen molar-refractivity contribution in [3.63, 3.8) is 0 Å². The summed E-state index contributed by atoms with van der Waals surface area (Å²) in [6.45, 7) is 6.67. The van der Waals surface area contributed by atoms with E-state index < -0.39 is 0 Å². The number of morpholine rings is 1. The van der Waals surface area contributed by atoms with Crippen LogP contribution in [0.1, 0.15) is 46.0 Å². The molecule has 0 aromatic carbocycles. The van der Waals surface area contributed by atoms with Gasteiger partial charge in [-0.3, -0.25) is 4.79 Å². The van der Waals surface area contributed by atoms with Crippen LogP contribution >= 0.6 is 0 Å². The summed E-state index contributed by atoms with van der Waals surface area (Å²) in [4.78, 5) is 24.0. The summed E-state index contributed by atoms with van der Waals surface area (Å²) in [6, 6.07) is 0. The molecule has 0 saturated carbocycles. The van der Waals surface area contributed by atoms with Gasteiger partial charge >= 0.3 is 0 Å². The number of aryl methyl sites for hydroxylation is 3. The van der Waals surface area contributed by atoms with Gasteiger partial charge < -0.3 is 19.5 Å². The average Bonchev–Trinajstić information content (AvgIpc) is 3.09. The molecule has 1 fully saturated rings. The van der Waals surface area contributed by atoms with Crippen molar-refractivity contribution >= 4 is 17.5 Å². The Kier molecular flexibility index (Phi) is 4.58. The number of fused-ring (bicyclic) bond motifs is 1. The number of carbonyl (C=O) groups is 1. The van der Waals surface area contributed by atoms with E-state index in [1.54, 1.807) is 0 Å². The van der Waals surface area contributed by atoms with Crippen molar-refractivity contribution in [2.24, 2.45) is 0 Å². The van der Waals surface area contributed by atoms with Crippen molar-refractivity contribution in [1.82, 2.24) is 15.1 Å². The summed E-state index contributed by atoms with van der Waals surface area (Å²) in [7, 11) is 0. The van der Waals surface area contributed by atoms with Gasteiger partial charge in [0.15, 0.2) is 5.69 Å². The van der Waals surface area contributed by atoms with Gasteiger partial charge in [0, 0.05) is 25.1 Å². The fourth-order valence-electron chi connectivity index (χ4n) is 3.52. The number of amides is 1. The maximum atomic E-state index is 12.7. The van der Waals surface area contributed by atoms with Crippen LogP contribution in [-0.2, 0) is 17.6 Å². The molecule has 1 aliphatic heterocycles. The first-order chi connectivity index (χ1) is 12.6. The number of nitrogens with one attached hydrogen (secondary N) is 1. The van der Waals surface area contributed by atoms with Crippen molar-refractivity contribution in [3.05, 3.63) is 28.4 Å². The lowest BCUT2D eigenvalue weighted by Gasteiger charge is -2.27. The molecule has 3 heterocycles. The maximum Gasteiger partial charge on any atom is 0.278 e. The molecule has 0 unspecified atom stereocenters. The van der Waals surface area contributed by atoms with E-state index in [2.05, 4.69) is 25.3 Å². The van der Waals surface area contributed by atoms with E-state index in [4.69, 9.17) is 9.26 Å². The van der Waals surface area contributed by atoms with Gasteiger partial charge in [0.05, 0.1) is 30.3 Å². The Morgan fingerprint density at radius 2 is 1.77 bits per heavy atom. The minimum Gasteiger partial charge on any atom is -0.378 e. The molecule has 1 aliphatic carbocycles. The third kappa shape index (κ3) is 3.16. The van der Waals surface area contributed by atoms with E-state index in [1.807, 2.05) is 13.8 Å². The second kappa shape index (κ2) is 7.03. The van der Waals surface area contributed by atoms with Gasteiger partial charge in [0.25, 0.3) is 5.91 Å². The van der Waals surface area contributed by atoms with Gasteiger partial charge in [-0.05, 0) is 33.1 Å². The highest BCUT2D eigenvalue weighted by Crippen LogP contribution is 2.26. The smallest absolute Gasteiger partial charge is 0.278 e. The fraction of sp³-hybridized carbons (Fsp3) is 0.556. The Hall–Kier alpha value is -2.48. The molecule has 4 rings (SSSR count). The molecule has 0 spiro atoms. The van der Waals surface area contributed by atoms with Crippen LogP contribution in [0.3, 0.4) is 0 Å². The Labute approximate surface area is 151 Å². The Bertz CT molecular complexity index is 803. The van der Waals surface area contributed by atoms with Crippen LogP contribution in [-0.4, -0.2) is 47.3 Å². The van der Waals surface area contributed by atoms with Crippen LogP contribution in [0, 0.1) is 13.8 Å². The molecule has 8 nitrogen and oxygen atoms in total. The maximum absolute atomic E-state index is 12.7. The third-order valence-electron chi connectivity index (χ3n) is 4.96. The third-order valence-corrected chi connectivity index (χ3v) is 4.96. The molecule has 26 heavy (non-hydrogen) atoms. The van der Waals surface area contributed by atoms with Gasteiger partial charge in [0.2, 0.25) is 5.95 Å². The Balaban J connectivity index is 1.56. The normalized spacial score (nSPS) is 17.1. The highest BCUT2D eigenvalue weighted by atomic mass is 16.5. The summed E-state index contributed by atoms with van der Waals surface area (Å²) in [5, 5.41) is 6.93. The standard InChI is InChI=1S/C18H23N5O3/c1-11-15(12(2)20-18(19-11)23-7-9-25-10-8-23)21-17(24)16-13-5-3-4-6-14(13)26-22-16/h3-10H2,1-2H3,(H,21,24). The van der Waals surface area contributed by atoms with Crippen LogP contribution in [0.2, 0.25) is 0 Å². The average molecular weight is 357 g/mol. The van der Waals surface area contributed by atoms with Crippen molar-refractivity contribution < 1.29 is 14.1 Å². The topological polar surface area (TPSA) is 93.4 Å². The lowest BCUT2D eigenvalue weighted by molar-refractivity contribution is 0.101. The predicted molar refractivity (Wildman–Crippen MR) is 95.6 cm³/mol. The van der Waals surface area contributed by atoms with Gasteiger partial charge in [-0.2, -0.15) is 0 Å². The van der Waals surface area contributed by atoms with Gasteiger partial charge in [-0.1, -0.05) is 5.16 Å². The lowest BCUT2D eigenvalue weighted by Crippen LogP contribution is -2.37. The highest BCUT2D eigenvalue weighted by molar-refractivity contribution is 6.04. The van der Waals surface area contributed by atoms with E-state index in [-0.39, 0.29) is 5.91 Å². The van der Waals surface area contributed by atoms with Crippen LogP contribution in [0.5, 0.6) is 0 Å². The molecule has 8 heteroatoms. The van der Waals surface area contributed by atoms with E-state index in [0.29, 0.717) is 30.5 Å². The van der Waals surface area contributed by atoms with Crippen LogP contribution in [0.25, 0.3) is 0 Å². The second-order valence-electron chi connectivity index (χ2n) is 6.76. The summed E-state index contributed by atoms with van der Waals surface area (Å²) in [5.41, 5.74) is 3.44. The van der Waals surface area contributed by atoms with Crippen molar-refractivity contribution in [1.29, 1.82) is 0 Å². The number of rotatable bonds is 3. The first-order valence-corrected chi connectivity index (χ1v) is 9.10. The molecule has 1 amide bonds. The highest BCUT2D eigenvalue weighted by Gasteiger charge is 2.25. The Morgan fingerprint density at radius 1 is 1.08 bits per heavy atom. The zero-order valence-electron chi connectivity index (χ0n) is 15.2. The number of ether oxygens (including phenoxy) is 1. The summed E-state index contributed by atoms with van der Waals surface area (Å²) < 4.78 is 10.7. The quantitative estimate of drug-likeness (QED) is 0.898. The van der Waals surface area contributed by atoms with Crippen LogP contribution in [0.15, 0.2) is 4.52 Å². The molecule has 0 atom stereocenters. The van der Waals surface area contributed by atoms with E-state index in [1.165, 1.54) is 0 Å². The van der Waals surface area contributed by atoms with Crippen molar-refractivity contribution in [2.75, 3.05) is 36.5 Å². The molecule has 2 aromatic heterocycles. The number of hydrogen-bond acceptors (Lipinski definition) is 7.